The van der Waals surface area contributed by atoms with Crippen molar-refractivity contribution in [1.82, 2.24) is 15.8 Å². The average molecular weight is 344 g/mol. The zero-order valence-corrected chi connectivity index (χ0v) is 15.6. The number of rotatable bonds is 8. The molecule has 0 amide bonds. The van der Waals surface area contributed by atoms with Crippen molar-refractivity contribution in [2.75, 3.05) is 26.2 Å². The van der Waals surface area contributed by atoms with E-state index in [1.807, 2.05) is 45.0 Å². The van der Waals surface area contributed by atoms with Crippen LogP contribution >= 0.6 is 0 Å². The van der Waals surface area contributed by atoms with E-state index in [0.717, 1.165) is 41.7 Å². The molecule has 0 spiro atoms. The van der Waals surface area contributed by atoms with Gasteiger partial charge in [0.05, 0.1) is 12.2 Å². The number of nitrogens with zero attached hydrogens (tertiary/aromatic N) is 2. The molecule has 0 saturated carbocycles. The molecule has 2 rings (SSSR count). The number of aliphatic imine (C=N–C) groups is 1. The smallest absolute Gasteiger partial charge is 0.191 e. The lowest BCUT2D eigenvalue weighted by molar-refractivity contribution is 0.322. The number of hydrogen-bond donors (Lipinski definition) is 2. The van der Waals surface area contributed by atoms with Gasteiger partial charge in [-0.05, 0) is 46.2 Å². The van der Waals surface area contributed by atoms with E-state index in [9.17, 15) is 0 Å². The van der Waals surface area contributed by atoms with Gasteiger partial charge in [0.25, 0.3) is 0 Å². The minimum absolute atomic E-state index is 0.581. The summed E-state index contributed by atoms with van der Waals surface area (Å²) in [7, 11) is 0. The maximum atomic E-state index is 5.72. The molecule has 25 heavy (non-hydrogen) atoms. The Morgan fingerprint density at radius 3 is 2.56 bits per heavy atom. The fraction of sp³-hybridized carbons (Fsp3) is 0.474. The van der Waals surface area contributed by atoms with E-state index in [1.165, 1.54) is 5.56 Å². The highest BCUT2D eigenvalue weighted by molar-refractivity contribution is 5.79. The molecule has 6 nitrogen and oxygen atoms in total. The third-order valence-corrected chi connectivity index (χ3v) is 3.84. The van der Waals surface area contributed by atoms with Crippen LogP contribution in [-0.4, -0.2) is 37.4 Å². The molecule has 0 bridgehead atoms. The molecule has 0 saturated heterocycles. The molecular formula is C19H28N4O2. The molecule has 1 aromatic heterocycles. The van der Waals surface area contributed by atoms with E-state index in [-0.39, 0.29) is 0 Å². The Balaban J connectivity index is 1.76. The van der Waals surface area contributed by atoms with Crippen LogP contribution in [0.15, 0.2) is 33.8 Å². The predicted octanol–water partition coefficient (Wildman–Crippen LogP) is 2.78. The average Bonchev–Trinajstić information content (AvgIpc) is 2.92. The van der Waals surface area contributed by atoms with Gasteiger partial charge in [-0.3, -0.25) is 4.99 Å². The lowest BCUT2D eigenvalue weighted by atomic mass is 10.1. The Hall–Kier alpha value is -2.50. The topological polar surface area (TPSA) is 71.7 Å². The minimum atomic E-state index is 0.581. The number of guanidine groups is 1. The summed E-state index contributed by atoms with van der Waals surface area (Å²) < 4.78 is 10.9. The van der Waals surface area contributed by atoms with Crippen LogP contribution in [0.4, 0.5) is 0 Å². The number of benzene rings is 1. The third-order valence-electron chi connectivity index (χ3n) is 3.84. The second-order valence-electron chi connectivity index (χ2n) is 5.90. The van der Waals surface area contributed by atoms with Gasteiger partial charge in [-0.2, -0.15) is 0 Å². The standard InChI is InChI=1S/C19H28N4O2/c1-5-20-19(21-11-10-18-15(3)23-25-16(18)4)22-12-13-24-17-8-6-14(2)7-9-17/h6-9H,5,10-13H2,1-4H3,(H2,20,21,22). The van der Waals surface area contributed by atoms with Crippen LogP contribution in [-0.2, 0) is 6.42 Å². The third kappa shape index (κ3) is 6.14. The highest BCUT2D eigenvalue weighted by Crippen LogP contribution is 2.12. The van der Waals surface area contributed by atoms with Crippen molar-refractivity contribution in [3.05, 3.63) is 46.8 Å². The number of nitrogens with one attached hydrogen (secondary N) is 2. The molecule has 0 aliphatic carbocycles. The highest BCUT2D eigenvalue weighted by Gasteiger charge is 2.08. The molecular weight excluding hydrogens is 316 g/mol. The van der Waals surface area contributed by atoms with Crippen LogP contribution in [0.2, 0.25) is 0 Å². The van der Waals surface area contributed by atoms with Crippen LogP contribution in [0.1, 0.15) is 29.5 Å². The van der Waals surface area contributed by atoms with Crippen molar-refractivity contribution < 1.29 is 9.26 Å². The zero-order valence-electron chi connectivity index (χ0n) is 15.6. The van der Waals surface area contributed by atoms with E-state index in [1.54, 1.807) is 0 Å². The monoisotopic (exact) mass is 344 g/mol. The van der Waals surface area contributed by atoms with Gasteiger partial charge in [0.1, 0.15) is 18.1 Å². The van der Waals surface area contributed by atoms with Crippen LogP contribution in [0.25, 0.3) is 0 Å². The van der Waals surface area contributed by atoms with Crippen LogP contribution in [0, 0.1) is 20.8 Å². The summed E-state index contributed by atoms with van der Waals surface area (Å²) in [5.74, 6) is 2.55. The van der Waals surface area contributed by atoms with E-state index in [4.69, 9.17) is 9.26 Å². The van der Waals surface area contributed by atoms with Gasteiger partial charge >= 0.3 is 0 Å². The number of aryl methyl sites for hydroxylation is 3. The van der Waals surface area contributed by atoms with E-state index in [0.29, 0.717) is 19.7 Å². The van der Waals surface area contributed by atoms with E-state index < -0.39 is 0 Å². The summed E-state index contributed by atoms with van der Waals surface area (Å²) in [5, 5.41) is 10.5. The molecule has 1 aromatic carbocycles. The maximum absolute atomic E-state index is 5.72. The highest BCUT2D eigenvalue weighted by atomic mass is 16.5. The van der Waals surface area contributed by atoms with E-state index in [2.05, 4.69) is 27.7 Å². The molecule has 0 aliphatic rings. The Morgan fingerprint density at radius 1 is 1.16 bits per heavy atom. The number of hydrogen-bond acceptors (Lipinski definition) is 4. The molecule has 0 atom stereocenters. The molecule has 0 fully saturated rings. The van der Waals surface area contributed by atoms with Crippen LogP contribution < -0.4 is 15.4 Å². The normalized spacial score (nSPS) is 11.4. The first-order chi connectivity index (χ1) is 12.1. The molecule has 6 heteroatoms. The minimum Gasteiger partial charge on any atom is -0.492 e. The van der Waals surface area contributed by atoms with Gasteiger partial charge in [-0.25, -0.2) is 0 Å². The Morgan fingerprint density at radius 2 is 1.92 bits per heavy atom. The summed E-state index contributed by atoms with van der Waals surface area (Å²) in [6, 6.07) is 8.06. The van der Waals surface area contributed by atoms with Gasteiger partial charge < -0.3 is 19.9 Å². The number of ether oxygens (including phenoxy) is 1. The maximum Gasteiger partial charge on any atom is 0.191 e. The SMILES string of the molecule is CCNC(=NCCc1c(C)noc1C)NCCOc1ccc(C)cc1. The fourth-order valence-electron chi connectivity index (χ4n) is 2.45. The molecule has 2 N–H and O–H groups in total. The summed E-state index contributed by atoms with van der Waals surface area (Å²) in [6.07, 6.45) is 0.817. The lowest BCUT2D eigenvalue weighted by Crippen LogP contribution is -2.39. The molecule has 1 heterocycles. The quantitative estimate of drug-likeness (QED) is 0.438. The van der Waals surface area contributed by atoms with Crippen molar-refractivity contribution in [1.29, 1.82) is 0 Å². The Labute approximate surface area is 149 Å². The van der Waals surface area contributed by atoms with E-state index >= 15 is 0 Å². The predicted molar refractivity (Wildman–Crippen MR) is 100 cm³/mol. The molecule has 2 aromatic rings. The summed E-state index contributed by atoms with van der Waals surface area (Å²) in [4.78, 5) is 4.60. The first-order valence-electron chi connectivity index (χ1n) is 8.73. The molecule has 0 radical (unpaired) electrons. The summed E-state index contributed by atoms with van der Waals surface area (Å²) in [6.45, 7) is 10.8. The van der Waals surface area contributed by atoms with Crippen LogP contribution in [0.5, 0.6) is 5.75 Å². The van der Waals surface area contributed by atoms with Gasteiger partial charge in [0, 0.05) is 18.7 Å². The van der Waals surface area contributed by atoms with Gasteiger partial charge in [-0.1, -0.05) is 22.9 Å². The van der Waals surface area contributed by atoms with Gasteiger partial charge in [0.2, 0.25) is 0 Å². The second-order valence-corrected chi connectivity index (χ2v) is 5.90. The van der Waals surface area contributed by atoms with Crippen molar-refractivity contribution in [3.8, 4) is 5.75 Å². The first-order valence-corrected chi connectivity index (χ1v) is 8.73. The molecule has 0 aliphatic heterocycles. The molecule has 136 valence electrons. The number of aromatic nitrogens is 1. The lowest BCUT2D eigenvalue weighted by Gasteiger charge is -2.12. The summed E-state index contributed by atoms with van der Waals surface area (Å²) in [5.41, 5.74) is 3.31. The van der Waals surface area contributed by atoms with Gasteiger partial charge in [0.15, 0.2) is 5.96 Å². The Bertz CT molecular complexity index is 658. The van der Waals surface area contributed by atoms with Crippen LogP contribution in [0.3, 0.4) is 0 Å². The second kappa shape index (κ2) is 9.71. The molecule has 0 unspecified atom stereocenters. The van der Waals surface area contributed by atoms with Crippen molar-refractivity contribution in [2.45, 2.75) is 34.1 Å². The van der Waals surface area contributed by atoms with Gasteiger partial charge in [-0.15, -0.1) is 0 Å². The fourth-order valence-corrected chi connectivity index (χ4v) is 2.45. The summed E-state index contributed by atoms with van der Waals surface area (Å²) >= 11 is 0. The largest absolute Gasteiger partial charge is 0.492 e. The van der Waals surface area contributed by atoms with Crippen molar-refractivity contribution >= 4 is 5.96 Å². The zero-order chi connectivity index (χ0) is 18.1. The first kappa shape index (κ1) is 18.8. The Kier molecular flexibility index (Phi) is 7.32. The van der Waals surface area contributed by atoms with Crippen molar-refractivity contribution in [3.63, 3.8) is 0 Å². The van der Waals surface area contributed by atoms with Crippen molar-refractivity contribution in [2.24, 2.45) is 4.99 Å².